The average Bonchev–Trinajstić information content (AvgIpc) is 2.26. The van der Waals surface area contributed by atoms with E-state index in [1.807, 2.05) is 0 Å². The molecule has 0 saturated carbocycles. The van der Waals surface area contributed by atoms with Crippen LogP contribution in [-0.2, 0) is 0 Å². The first-order valence-electron chi connectivity index (χ1n) is 5.68. The van der Waals surface area contributed by atoms with Crippen LogP contribution in [0.5, 0.6) is 0 Å². The van der Waals surface area contributed by atoms with Crippen molar-refractivity contribution in [3.05, 3.63) is 34.3 Å². The van der Waals surface area contributed by atoms with Gasteiger partial charge >= 0.3 is 0 Å². The number of benzene rings is 1. The second kappa shape index (κ2) is 6.29. The van der Waals surface area contributed by atoms with E-state index in [1.54, 1.807) is 0 Å². The predicted octanol–water partition coefficient (Wildman–Crippen LogP) is 4.29. The summed E-state index contributed by atoms with van der Waals surface area (Å²) < 4.78 is 1.14. The minimum atomic E-state index is 0.433. The van der Waals surface area contributed by atoms with Gasteiger partial charge in [0.1, 0.15) is 0 Å². The van der Waals surface area contributed by atoms with Crippen LogP contribution in [0.1, 0.15) is 45.2 Å². The second-order valence-electron chi connectivity index (χ2n) is 3.95. The Morgan fingerprint density at radius 2 is 1.67 bits per heavy atom. The number of nitrogens with one attached hydrogen (secondary N) is 1. The zero-order valence-corrected chi connectivity index (χ0v) is 11.3. The van der Waals surface area contributed by atoms with Gasteiger partial charge in [-0.2, -0.15) is 0 Å². The lowest BCUT2D eigenvalue weighted by Gasteiger charge is -2.21. The van der Waals surface area contributed by atoms with E-state index >= 15 is 0 Å². The molecule has 1 rings (SSSR count). The third-order valence-corrected chi connectivity index (χ3v) is 3.37. The summed E-state index contributed by atoms with van der Waals surface area (Å²) in [6.45, 7) is 6.69. The van der Waals surface area contributed by atoms with Crippen molar-refractivity contribution in [3.8, 4) is 0 Å². The number of hydrogen-bond acceptors (Lipinski definition) is 1. The van der Waals surface area contributed by atoms with Gasteiger partial charge < -0.3 is 5.32 Å². The molecule has 1 N–H and O–H groups in total. The molecule has 1 atom stereocenters. The molecule has 0 aliphatic rings. The van der Waals surface area contributed by atoms with E-state index in [9.17, 15) is 0 Å². The second-order valence-corrected chi connectivity index (χ2v) is 4.87. The summed E-state index contributed by atoms with van der Waals surface area (Å²) in [5.41, 5.74) is 1.35. The first-order chi connectivity index (χ1) is 7.17. The third kappa shape index (κ3) is 3.96. The van der Waals surface area contributed by atoms with Crippen LogP contribution < -0.4 is 5.32 Å². The van der Waals surface area contributed by atoms with Gasteiger partial charge in [-0.15, -0.1) is 0 Å². The molecule has 0 radical (unpaired) electrons. The number of halogens is 1. The molecule has 15 heavy (non-hydrogen) atoms. The quantitative estimate of drug-likeness (QED) is 0.841. The van der Waals surface area contributed by atoms with Gasteiger partial charge in [0.05, 0.1) is 0 Å². The Morgan fingerprint density at radius 3 is 2.13 bits per heavy atom. The maximum Gasteiger partial charge on any atom is 0.0294 e. The molecular weight excluding hydrogens is 250 g/mol. The Kier molecular flexibility index (Phi) is 5.34. The van der Waals surface area contributed by atoms with Crippen LogP contribution in [0, 0.1) is 0 Å². The van der Waals surface area contributed by atoms with E-state index in [0.717, 1.165) is 4.47 Å². The van der Waals surface area contributed by atoms with E-state index in [4.69, 9.17) is 0 Å². The van der Waals surface area contributed by atoms with Crippen LogP contribution in [0.3, 0.4) is 0 Å². The van der Waals surface area contributed by atoms with Crippen molar-refractivity contribution < 1.29 is 0 Å². The molecule has 1 aromatic carbocycles. The third-order valence-electron chi connectivity index (χ3n) is 2.84. The molecule has 0 heterocycles. The molecule has 0 bridgehead atoms. The van der Waals surface area contributed by atoms with Crippen LogP contribution in [0.2, 0.25) is 0 Å². The highest BCUT2D eigenvalue weighted by Crippen LogP contribution is 2.17. The van der Waals surface area contributed by atoms with Crippen molar-refractivity contribution in [1.82, 2.24) is 5.32 Å². The minimum Gasteiger partial charge on any atom is -0.307 e. The minimum absolute atomic E-state index is 0.433. The van der Waals surface area contributed by atoms with Crippen molar-refractivity contribution in [2.24, 2.45) is 0 Å². The Morgan fingerprint density at radius 1 is 1.13 bits per heavy atom. The molecule has 0 unspecified atom stereocenters. The maximum atomic E-state index is 3.64. The first kappa shape index (κ1) is 12.7. The van der Waals surface area contributed by atoms with E-state index in [1.165, 1.54) is 18.4 Å². The van der Waals surface area contributed by atoms with Gasteiger partial charge in [-0.1, -0.05) is 41.9 Å². The Hall–Kier alpha value is -0.340. The van der Waals surface area contributed by atoms with E-state index in [0.29, 0.717) is 12.1 Å². The molecule has 0 aromatic heterocycles. The highest BCUT2D eigenvalue weighted by molar-refractivity contribution is 9.10. The summed E-state index contributed by atoms with van der Waals surface area (Å²) in [6, 6.07) is 9.60. The normalized spacial score (nSPS) is 13.1. The first-order valence-corrected chi connectivity index (χ1v) is 6.48. The SMILES string of the molecule is CCC(CC)N[C@@H](C)c1ccc(Br)cc1. The van der Waals surface area contributed by atoms with Crippen molar-refractivity contribution in [2.45, 2.75) is 45.7 Å². The molecule has 0 amide bonds. The van der Waals surface area contributed by atoms with Gasteiger partial charge in [0, 0.05) is 16.6 Å². The van der Waals surface area contributed by atoms with Gasteiger partial charge in [-0.25, -0.2) is 0 Å². The van der Waals surface area contributed by atoms with E-state index in [2.05, 4.69) is 66.3 Å². The fraction of sp³-hybridized carbons (Fsp3) is 0.538. The van der Waals surface area contributed by atoms with Gasteiger partial charge in [-0.05, 0) is 37.5 Å². The molecule has 1 aromatic rings. The molecule has 1 nitrogen and oxygen atoms in total. The zero-order valence-electron chi connectivity index (χ0n) is 9.76. The molecule has 0 aliphatic heterocycles. The number of hydrogen-bond donors (Lipinski definition) is 1. The van der Waals surface area contributed by atoms with Crippen molar-refractivity contribution in [2.75, 3.05) is 0 Å². The molecule has 2 heteroatoms. The lowest BCUT2D eigenvalue weighted by molar-refractivity contribution is 0.432. The monoisotopic (exact) mass is 269 g/mol. The summed E-state index contributed by atoms with van der Waals surface area (Å²) in [4.78, 5) is 0. The van der Waals surface area contributed by atoms with Crippen LogP contribution in [-0.4, -0.2) is 6.04 Å². The summed E-state index contributed by atoms with van der Waals surface area (Å²) in [5, 5.41) is 3.64. The summed E-state index contributed by atoms with van der Waals surface area (Å²) in [7, 11) is 0. The summed E-state index contributed by atoms with van der Waals surface area (Å²) >= 11 is 3.45. The van der Waals surface area contributed by atoms with Crippen molar-refractivity contribution >= 4 is 15.9 Å². The van der Waals surface area contributed by atoms with Gasteiger partial charge in [0.2, 0.25) is 0 Å². The molecule has 0 aliphatic carbocycles. The Balaban J connectivity index is 2.60. The Labute approximate surface area is 101 Å². The topological polar surface area (TPSA) is 12.0 Å². The van der Waals surface area contributed by atoms with Gasteiger partial charge in [-0.3, -0.25) is 0 Å². The van der Waals surface area contributed by atoms with Gasteiger partial charge in [0.25, 0.3) is 0 Å². The van der Waals surface area contributed by atoms with E-state index in [-0.39, 0.29) is 0 Å². The zero-order chi connectivity index (χ0) is 11.3. The molecular formula is C13H20BrN. The van der Waals surface area contributed by atoms with Crippen LogP contribution in [0.4, 0.5) is 0 Å². The lowest BCUT2D eigenvalue weighted by atomic mass is 10.1. The fourth-order valence-corrected chi connectivity index (χ4v) is 1.99. The van der Waals surface area contributed by atoms with Crippen molar-refractivity contribution in [3.63, 3.8) is 0 Å². The summed E-state index contributed by atoms with van der Waals surface area (Å²) in [5.74, 6) is 0. The summed E-state index contributed by atoms with van der Waals surface area (Å²) in [6.07, 6.45) is 2.38. The molecule has 0 fully saturated rings. The molecule has 84 valence electrons. The predicted molar refractivity (Wildman–Crippen MR) is 70.1 cm³/mol. The molecule has 0 saturated heterocycles. The van der Waals surface area contributed by atoms with Gasteiger partial charge in [0.15, 0.2) is 0 Å². The fourth-order valence-electron chi connectivity index (χ4n) is 1.73. The largest absolute Gasteiger partial charge is 0.307 e. The standard InChI is InChI=1S/C13H20BrN/c1-4-13(5-2)15-10(3)11-6-8-12(14)9-7-11/h6-10,13,15H,4-5H2,1-3H3/t10-/m0/s1. The van der Waals surface area contributed by atoms with Crippen molar-refractivity contribution in [1.29, 1.82) is 0 Å². The smallest absolute Gasteiger partial charge is 0.0294 e. The van der Waals surface area contributed by atoms with Crippen LogP contribution >= 0.6 is 15.9 Å². The van der Waals surface area contributed by atoms with E-state index < -0.39 is 0 Å². The highest BCUT2D eigenvalue weighted by atomic mass is 79.9. The Bertz CT molecular complexity index is 277. The lowest BCUT2D eigenvalue weighted by Crippen LogP contribution is -2.30. The highest BCUT2D eigenvalue weighted by Gasteiger charge is 2.09. The van der Waals surface area contributed by atoms with Crippen LogP contribution in [0.15, 0.2) is 28.7 Å². The number of rotatable bonds is 5. The molecule has 0 spiro atoms. The average molecular weight is 270 g/mol. The maximum absolute atomic E-state index is 3.64. The van der Waals surface area contributed by atoms with Crippen LogP contribution in [0.25, 0.3) is 0 Å².